The van der Waals surface area contributed by atoms with Gasteiger partial charge in [0.2, 0.25) is 17.7 Å². The van der Waals surface area contributed by atoms with Crippen LogP contribution in [-0.2, 0) is 55.3 Å². The van der Waals surface area contributed by atoms with Crippen LogP contribution in [-0.4, -0.2) is 111 Å². The summed E-state index contributed by atoms with van der Waals surface area (Å²) in [5, 5.41) is 19.8. The molecule has 7 rings (SSSR count). The Morgan fingerprint density at radius 3 is 2.32 bits per heavy atom. The van der Waals surface area contributed by atoms with Gasteiger partial charge in [-0.25, -0.2) is 14.4 Å². The number of nitrogens with zero attached hydrogens (tertiary/aromatic N) is 6. The number of halogens is 1. The molecular formula is C51H61FN10O9. The van der Waals surface area contributed by atoms with Crippen LogP contribution < -0.4 is 26.0 Å². The Morgan fingerprint density at radius 1 is 0.817 bits per heavy atom. The zero-order valence-corrected chi connectivity index (χ0v) is 40.0. The highest BCUT2D eigenvalue weighted by atomic mass is 19.1. The average Bonchev–Trinajstić information content (AvgIpc) is 3.92. The fourth-order valence-electron chi connectivity index (χ4n) is 8.14. The maximum atomic E-state index is 14.7. The molecular weight excluding hydrogens is 916 g/mol. The minimum Gasteiger partial charge on any atom is -0.494 e. The predicted molar refractivity (Wildman–Crippen MR) is 259 cm³/mol. The number of unbranched alkanes of at least 4 members (excludes halogenated alkanes) is 5. The summed E-state index contributed by atoms with van der Waals surface area (Å²) in [6, 6.07) is 17.8. The lowest BCUT2D eigenvalue weighted by molar-refractivity contribution is -0.137. The Bertz CT molecular complexity index is 2600. The second-order valence-corrected chi connectivity index (χ2v) is 17.2. The lowest BCUT2D eigenvalue weighted by Gasteiger charge is -2.29. The molecule has 2 aromatic heterocycles. The van der Waals surface area contributed by atoms with Crippen molar-refractivity contribution in [2.24, 2.45) is 7.05 Å². The lowest BCUT2D eigenvalue weighted by Crippen LogP contribution is -2.52. The molecule has 3 aromatic carbocycles. The summed E-state index contributed by atoms with van der Waals surface area (Å²) in [5.41, 5.74) is 3.82. The highest BCUT2D eigenvalue weighted by Crippen LogP contribution is 2.32. The molecule has 1 unspecified atom stereocenters. The number of piperidine rings is 1. The van der Waals surface area contributed by atoms with Crippen LogP contribution in [0.4, 0.5) is 15.8 Å². The van der Waals surface area contributed by atoms with Gasteiger partial charge < -0.3 is 44.4 Å². The number of aromatic nitrogens is 5. The molecule has 0 radical (unpaired) electrons. The third-order valence-corrected chi connectivity index (χ3v) is 12.1. The number of amides is 5. The van der Waals surface area contributed by atoms with Gasteiger partial charge in [-0.1, -0.05) is 25.0 Å². The van der Waals surface area contributed by atoms with Gasteiger partial charge in [0.15, 0.2) is 11.6 Å². The summed E-state index contributed by atoms with van der Waals surface area (Å²) in [6.45, 7) is 4.18. The van der Waals surface area contributed by atoms with Gasteiger partial charge in [-0.15, -0.1) is 10.2 Å². The summed E-state index contributed by atoms with van der Waals surface area (Å²) < 4.78 is 39.4. The summed E-state index contributed by atoms with van der Waals surface area (Å²) >= 11 is 0. The van der Waals surface area contributed by atoms with Gasteiger partial charge in [0.1, 0.15) is 29.6 Å². The zero-order chi connectivity index (χ0) is 49.8. The number of fused-ring (bicyclic) bond motifs is 1. The van der Waals surface area contributed by atoms with Crippen molar-refractivity contribution in [2.75, 3.05) is 56.9 Å². The average molecular weight is 977 g/mol. The van der Waals surface area contributed by atoms with E-state index in [1.54, 1.807) is 60.8 Å². The lowest BCUT2D eigenvalue weighted by atomic mass is 10.0. The van der Waals surface area contributed by atoms with Crippen LogP contribution in [0, 0.1) is 5.82 Å². The Hall–Kier alpha value is -7.16. The highest BCUT2D eigenvalue weighted by Gasteiger charge is 2.40. The molecule has 2 aliphatic rings. The van der Waals surface area contributed by atoms with Crippen molar-refractivity contribution >= 4 is 40.9 Å². The molecule has 5 amide bonds. The van der Waals surface area contributed by atoms with Crippen molar-refractivity contribution in [3.63, 3.8) is 0 Å². The van der Waals surface area contributed by atoms with E-state index in [9.17, 15) is 28.4 Å². The Labute approximate surface area is 411 Å². The Balaban J connectivity index is 0.657. The molecule has 71 heavy (non-hydrogen) atoms. The topological polar surface area (TPSA) is 230 Å². The van der Waals surface area contributed by atoms with Crippen LogP contribution in [0.1, 0.15) is 102 Å². The van der Waals surface area contributed by atoms with Crippen LogP contribution in [0.3, 0.4) is 0 Å². The first-order valence-electron chi connectivity index (χ1n) is 24.1. The predicted octanol–water partition coefficient (Wildman–Crippen LogP) is 5.90. The molecule has 1 atom stereocenters. The van der Waals surface area contributed by atoms with Crippen molar-refractivity contribution < 1.29 is 47.3 Å². The summed E-state index contributed by atoms with van der Waals surface area (Å²) in [7, 11) is 1.85. The number of imide groups is 1. The monoisotopic (exact) mass is 976 g/mol. The number of hydrogen-bond acceptors (Lipinski definition) is 14. The van der Waals surface area contributed by atoms with Crippen molar-refractivity contribution in [1.82, 2.24) is 40.3 Å². The minimum atomic E-state index is -0.712. The second-order valence-electron chi connectivity index (χ2n) is 17.2. The van der Waals surface area contributed by atoms with Crippen molar-refractivity contribution in [3.8, 4) is 17.3 Å². The SMILES string of the molecule is Cn1c(CNc2cccc(C(=O)NCc3cc(OCCCCCCOCCOCCOCCCCCC(=O)Nc4cccc5c4CN(C4CCC(=O)NC4=O)C5=O)ccc3F)c2)nnc1-c1ccncn1. The molecule has 5 aromatic rings. The third kappa shape index (κ3) is 15.2. The van der Waals surface area contributed by atoms with E-state index in [0.29, 0.717) is 122 Å². The normalized spacial score (nSPS) is 14.3. The largest absolute Gasteiger partial charge is 0.494 e. The van der Waals surface area contributed by atoms with Gasteiger partial charge in [-0.3, -0.25) is 29.3 Å². The van der Waals surface area contributed by atoms with E-state index in [0.717, 1.165) is 38.5 Å². The Morgan fingerprint density at radius 2 is 1.56 bits per heavy atom. The van der Waals surface area contributed by atoms with Crippen LogP contribution in [0.2, 0.25) is 0 Å². The van der Waals surface area contributed by atoms with Gasteiger partial charge in [0, 0.05) is 86.0 Å². The number of anilines is 2. The standard InChI is InChI=1S/C51H61FN10O9/c1-61-45(59-60-48(61)43-20-21-53-34-56-43)32-54-37-12-9-11-35(29-37)49(65)55-31-36-30-38(16-17-41(36)52)71-24-8-3-2-6-22-68-25-27-70-28-26-69-23-7-4-5-15-46(63)57-42-14-10-13-39-40(42)33-62(51(39)67)44-18-19-47(64)58-50(44)66/h9-14,16-17,20-21,29-30,34,44,54H,2-8,15,18-19,22-28,31-33H2,1H3,(H,55,65)(H,57,63)(H,58,64,66). The fraction of sp³-hybridized carbons (Fsp3) is 0.431. The van der Waals surface area contributed by atoms with Crippen molar-refractivity contribution in [2.45, 2.75) is 89.9 Å². The van der Waals surface area contributed by atoms with Crippen LogP contribution in [0.25, 0.3) is 11.5 Å². The second kappa shape index (κ2) is 26.7. The quantitative estimate of drug-likeness (QED) is 0.0323. The third-order valence-electron chi connectivity index (χ3n) is 12.1. The maximum absolute atomic E-state index is 14.7. The molecule has 0 saturated carbocycles. The fourth-order valence-corrected chi connectivity index (χ4v) is 8.14. The number of hydrogen-bond donors (Lipinski definition) is 4. The zero-order valence-electron chi connectivity index (χ0n) is 40.0. The molecule has 0 aliphatic carbocycles. The molecule has 0 bridgehead atoms. The van der Waals surface area contributed by atoms with Crippen LogP contribution in [0.15, 0.2) is 79.3 Å². The van der Waals surface area contributed by atoms with Crippen LogP contribution >= 0.6 is 0 Å². The number of carbonyl (C=O) groups excluding carboxylic acids is 5. The number of ether oxygens (including phenoxy) is 4. The summed E-state index contributed by atoms with van der Waals surface area (Å²) in [5.74, 6) is -0.169. The molecule has 19 nitrogen and oxygen atoms in total. The summed E-state index contributed by atoms with van der Waals surface area (Å²) in [4.78, 5) is 72.4. The smallest absolute Gasteiger partial charge is 0.255 e. The van der Waals surface area contributed by atoms with E-state index in [1.165, 1.54) is 17.3 Å². The van der Waals surface area contributed by atoms with E-state index in [1.807, 2.05) is 17.7 Å². The summed E-state index contributed by atoms with van der Waals surface area (Å²) in [6.07, 6.45) is 9.89. The number of rotatable bonds is 29. The molecule has 4 N–H and O–H groups in total. The number of benzene rings is 3. The van der Waals surface area contributed by atoms with Gasteiger partial charge in [-0.05, 0) is 93.1 Å². The Kier molecular flexibility index (Phi) is 19.4. The van der Waals surface area contributed by atoms with Crippen molar-refractivity contribution in [1.29, 1.82) is 0 Å². The molecule has 4 heterocycles. The van der Waals surface area contributed by atoms with Gasteiger partial charge in [-0.2, -0.15) is 0 Å². The first kappa shape index (κ1) is 51.7. The molecule has 376 valence electrons. The molecule has 2 aliphatic heterocycles. The minimum absolute atomic E-state index is 0.000594. The van der Waals surface area contributed by atoms with Crippen molar-refractivity contribution in [3.05, 3.63) is 113 Å². The van der Waals surface area contributed by atoms with Gasteiger partial charge in [0.05, 0.1) is 39.6 Å². The first-order valence-corrected chi connectivity index (χ1v) is 24.1. The van der Waals surface area contributed by atoms with E-state index < -0.39 is 17.8 Å². The molecule has 0 spiro atoms. The van der Waals surface area contributed by atoms with Gasteiger partial charge >= 0.3 is 0 Å². The van der Waals surface area contributed by atoms with Gasteiger partial charge in [0.25, 0.3) is 11.8 Å². The van der Waals surface area contributed by atoms with E-state index >= 15 is 0 Å². The first-order chi connectivity index (χ1) is 34.6. The van der Waals surface area contributed by atoms with E-state index in [4.69, 9.17) is 18.9 Å². The maximum Gasteiger partial charge on any atom is 0.255 e. The molecule has 1 saturated heterocycles. The molecule has 20 heteroatoms. The molecule has 1 fully saturated rings. The number of carbonyl (C=O) groups is 5. The highest BCUT2D eigenvalue weighted by molar-refractivity contribution is 6.06. The van der Waals surface area contributed by atoms with Crippen LogP contribution in [0.5, 0.6) is 5.75 Å². The number of nitrogens with one attached hydrogen (secondary N) is 4. The van der Waals surface area contributed by atoms with E-state index in [2.05, 4.69) is 41.4 Å². The van der Waals surface area contributed by atoms with E-state index in [-0.39, 0.29) is 49.6 Å².